The number of hydrogen-bond acceptors (Lipinski definition) is 4. The highest BCUT2D eigenvalue weighted by Gasteiger charge is 2.16. The van der Waals surface area contributed by atoms with Crippen LogP contribution in [0.2, 0.25) is 0 Å². The summed E-state index contributed by atoms with van der Waals surface area (Å²) < 4.78 is 11.5. The fourth-order valence-electron chi connectivity index (χ4n) is 2.05. The molecule has 1 saturated heterocycles. The van der Waals surface area contributed by atoms with E-state index in [1.54, 1.807) is 0 Å². The van der Waals surface area contributed by atoms with Gasteiger partial charge in [0.15, 0.2) is 0 Å². The standard InChI is InChI=1S/C14H22N2O2/c1-3-15-8-12-9-16-11(2)7-14(12)18-10-13-5-4-6-17-13/h7,9,13,15H,3-6,8,10H2,1-2H3. The first-order valence-electron chi connectivity index (χ1n) is 6.70. The SMILES string of the molecule is CCNCc1cnc(C)cc1OCC1CCCO1. The van der Waals surface area contributed by atoms with Crippen LogP contribution >= 0.6 is 0 Å². The molecule has 0 spiro atoms. The van der Waals surface area contributed by atoms with Crippen molar-refractivity contribution < 1.29 is 9.47 Å². The van der Waals surface area contributed by atoms with Crippen molar-refractivity contribution in [3.8, 4) is 5.75 Å². The number of rotatable bonds is 6. The second kappa shape index (κ2) is 6.71. The molecule has 4 nitrogen and oxygen atoms in total. The molecular formula is C14H22N2O2. The Kier molecular flexibility index (Phi) is 4.96. The lowest BCUT2D eigenvalue weighted by molar-refractivity contribution is 0.0675. The zero-order chi connectivity index (χ0) is 12.8. The Bertz CT molecular complexity index is 376. The van der Waals surface area contributed by atoms with Crippen molar-refractivity contribution in [2.24, 2.45) is 0 Å². The molecule has 0 amide bonds. The number of ether oxygens (including phenoxy) is 2. The van der Waals surface area contributed by atoms with Gasteiger partial charge in [-0.2, -0.15) is 0 Å². The predicted molar refractivity (Wildman–Crippen MR) is 70.8 cm³/mol. The first-order chi connectivity index (χ1) is 8.79. The highest BCUT2D eigenvalue weighted by molar-refractivity contribution is 5.32. The van der Waals surface area contributed by atoms with Crippen LogP contribution in [0.4, 0.5) is 0 Å². The minimum absolute atomic E-state index is 0.255. The average molecular weight is 250 g/mol. The molecule has 0 saturated carbocycles. The lowest BCUT2D eigenvalue weighted by Crippen LogP contribution is -2.18. The summed E-state index contributed by atoms with van der Waals surface area (Å²) in [4.78, 5) is 4.32. The van der Waals surface area contributed by atoms with Gasteiger partial charge in [0.05, 0.1) is 6.10 Å². The molecule has 1 atom stereocenters. The van der Waals surface area contributed by atoms with Crippen LogP contribution in [0, 0.1) is 6.92 Å². The van der Waals surface area contributed by atoms with Crippen molar-refractivity contribution in [1.82, 2.24) is 10.3 Å². The third-order valence-corrected chi connectivity index (χ3v) is 3.09. The summed E-state index contributed by atoms with van der Waals surface area (Å²) in [5.41, 5.74) is 2.10. The molecule has 18 heavy (non-hydrogen) atoms. The highest BCUT2D eigenvalue weighted by Crippen LogP contribution is 2.20. The van der Waals surface area contributed by atoms with Crippen LogP contribution in [0.3, 0.4) is 0 Å². The molecule has 4 heteroatoms. The van der Waals surface area contributed by atoms with E-state index in [4.69, 9.17) is 9.47 Å². The molecule has 1 N–H and O–H groups in total. The summed E-state index contributed by atoms with van der Waals surface area (Å²) in [6, 6.07) is 2.00. The number of pyridine rings is 1. The fourth-order valence-corrected chi connectivity index (χ4v) is 2.05. The summed E-state index contributed by atoms with van der Waals surface area (Å²) in [5.74, 6) is 0.930. The van der Waals surface area contributed by atoms with E-state index >= 15 is 0 Å². The maximum absolute atomic E-state index is 5.89. The number of nitrogens with one attached hydrogen (secondary N) is 1. The fraction of sp³-hybridized carbons (Fsp3) is 0.643. The maximum Gasteiger partial charge on any atom is 0.127 e. The third-order valence-electron chi connectivity index (χ3n) is 3.09. The van der Waals surface area contributed by atoms with E-state index < -0.39 is 0 Å². The molecule has 1 aromatic heterocycles. The summed E-state index contributed by atoms with van der Waals surface area (Å²) >= 11 is 0. The second-order valence-corrected chi connectivity index (χ2v) is 4.66. The van der Waals surface area contributed by atoms with Crippen LogP contribution in [-0.2, 0) is 11.3 Å². The van der Waals surface area contributed by atoms with Crippen LogP contribution in [0.25, 0.3) is 0 Å². The Morgan fingerprint density at radius 2 is 2.44 bits per heavy atom. The van der Waals surface area contributed by atoms with Gasteiger partial charge in [0.1, 0.15) is 12.4 Å². The van der Waals surface area contributed by atoms with Gasteiger partial charge in [-0.15, -0.1) is 0 Å². The molecule has 0 radical (unpaired) electrons. The topological polar surface area (TPSA) is 43.4 Å². The van der Waals surface area contributed by atoms with Gasteiger partial charge in [0.2, 0.25) is 0 Å². The Morgan fingerprint density at radius 3 is 3.17 bits per heavy atom. The van der Waals surface area contributed by atoms with Crippen LogP contribution < -0.4 is 10.1 Å². The quantitative estimate of drug-likeness (QED) is 0.839. The lowest BCUT2D eigenvalue weighted by Gasteiger charge is -2.15. The van der Waals surface area contributed by atoms with Crippen LogP contribution in [0.1, 0.15) is 31.0 Å². The maximum atomic E-state index is 5.89. The molecule has 1 unspecified atom stereocenters. The molecule has 2 rings (SSSR count). The van der Waals surface area contributed by atoms with Gasteiger partial charge in [0, 0.05) is 36.7 Å². The van der Waals surface area contributed by atoms with E-state index in [0.29, 0.717) is 6.61 Å². The first-order valence-corrected chi connectivity index (χ1v) is 6.70. The number of aryl methyl sites for hydroxylation is 1. The predicted octanol–water partition coefficient (Wildman–Crippen LogP) is 2.06. The molecular weight excluding hydrogens is 228 g/mol. The van der Waals surface area contributed by atoms with Gasteiger partial charge in [0.25, 0.3) is 0 Å². The molecule has 0 bridgehead atoms. The minimum atomic E-state index is 0.255. The summed E-state index contributed by atoms with van der Waals surface area (Å²) in [7, 11) is 0. The van der Waals surface area contributed by atoms with Gasteiger partial charge >= 0.3 is 0 Å². The zero-order valence-corrected chi connectivity index (χ0v) is 11.2. The monoisotopic (exact) mass is 250 g/mol. The largest absolute Gasteiger partial charge is 0.490 e. The average Bonchev–Trinajstić information content (AvgIpc) is 2.88. The summed E-state index contributed by atoms with van der Waals surface area (Å²) in [5, 5.41) is 3.30. The van der Waals surface area contributed by atoms with Gasteiger partial charge < -0.3 is 14.8 Å². The van der Waals surface area contributed by atoms with E-state index in [1.165, 1.54) is 0 Å². The lowest BCUT2D eigenvalue weighted by atomic mass is 10.2. The van der Waals surface area contributed by atoms with E-state index in [2.05, 4.69) is 17.2 Å². The Hall–Kier alpha value is -1.13. The number of aromatic nitrogens is 1. The van der Waals surface area contributed by atoms with Gasteiger partial charge in [-0.3, -0.25) is 4.98 Å². The zero-order valence-electron chi connectivity index (χ0n) is 11.2. The van der Waals surface area contributed by atoms with E-state index in [-0.39, 0.29) is 6.10 Å². The van der Waals surface area contributed by atoms with Crippen molar-refractivity contribution in [3.05, 3.63) is 23.5 Å². The smallest absolute Gasteiger partial charge is 0.127 e. The van der Waals surface area contributed by atoms with E-state index in [9.17, 15) is 0 Å². The van der Waals surface area contributed by atoms with Crippen LogP contribution in [0.15, 0.2) is 12.3 Å². The summed E-state index contributed by atoms with van der Waals surface area (Å²) in [6.07, 6.45) is 4.40. The van der Waals surface area contributed by atoms with Gasteiger partial charge in [-0.05, 0) is 26.3 Å². The van der Waals surface area contributed by atoms with E-state index in [0.717, 1.165) is 49.5 Å². The van der Waals surface area contributed by atoms with Gasteiger partial charge in [-0.25, -0.2) is 0 Å². The molecule has 1 aromatic rings. The Labute approximate surface area is 109 Å². The van der Waals surface area contributed by atoms with E-state index in [1.807, 2.05) is 19.2 Å². The van der Waals surface area contributed by atoms with Crippen molar-refractivity contribution >= 4 is 0 Å². The Balaban J connectivity index is 1.97. The Morgan fingerprint density at radius 1 is 1.56 bits per heavy atom. The van der Waals surface area contributed by atoms with Crippen molar-refractivity contribution in [1.29, 1.82) is 0 Å². The number of nitrogens with zero attached hydrogens (tertiary/aromatic N) is 1. The van der Waals surface area contributed by atoms with Crippen LogP contribution in [-0.4, -0.2) is 30.8 Å². The van der Waals surface area contributed by atoms with Crippen molar-refractivity contribution in [3.63, 3.8) is 0 Å². The third kappa shape index (κ3) is 3.68. The molecule has 0 aliphatic carbocycles. The number of hydrogen-bond donors (Lipinski definition) is 1. The highest BCUT2D eigenvalue weighted by atomic mass is 16.5. The first kappa shape index (κ1) is 13.3. The second-order valence-electron chi connectivity index (χ2n) is 4.66. The van der Waals surface area contributed by atoms with Gasteiger partial charge in [-0.1, -0.05) is 6.92 Å². The van der Waals surface area contributed by atoms with Crippen LogP contribution in [0.5, 0.6) is 5.75 Å². The minimum Gasteiger partial charge on any atom is -0.490 e. The van der Waals surface area contributed by atoms with Crippen molar-refractivity contribution in [2.75, 3.05) is 19.8 Å². The molecule has 1 aliphatic heterocycles. The molecule has 2 heterocycles. The molecule has 0 aromatic carbocycles. The normalized spacial score (nSPS) is 19.1. The summed E-state index contributed by atoms with van der Waals surface area (Å²) in [6.45, 7) is 7.32. The molecule has 1 aliphatic rings. The molecule has 100 valence electrons. The molecule has 1 fully saturated rings. The van der Waals surface area contributed by atoms with Crippen molar-refractivity contribution in [2.45, 2.75) is 39.3 Å².